The second-order valence-corrected chi connectivity index (χ2v) is 3.98. The molecule has 98 valence electrons. The van der Waals surface area contributed by atoms with Crippen LogP contribution in [0.25, 0.3) is 0 Å². The van der Waals surface area contributed by atoms with E-state index in [1.807, 2.05) is 45.9 Å². The first-order chi connectivity index (χ1) is 8.56. The van der Waals surface area contributed by atoms with Gasteiger partial charge < -0.3 is 5.32 Å². The van der Waals surface area contributed by atoms with Gasteiger partial charge in [0, 0.05) is 11.4 Å². The normalized spacial score (nSPS) is 10.7. The fourth-order valence-electron chi connectivity index (χ4n) is 1.49. The van der Waals surface area contributed by atoms with Crippen molar-refractivity contribution in [3.8, 4) is 0 Å². The molecule has 0 aliphatic heterocycles. The lowest BCUT2D eigenvalue weighted by molar-refractivity contribution is 1.27. The average Bonchev–Trinajstić information content (AvgIpc) is 2.39. The highest BCUT2D eigenvalue weighted by Gasteiger charge is 2.03. The lowest BCUT2D eigenvalue weighted by atomic mass is 10.1. The zero-order valence-electron chi connectivity index (χ0n) is 12.3. The molecule has 0 unspecified atom stereocenters. The van der Waals surface area contributed by atoms with Gasteiger partial charge in [0.05, 0.1) is 0 Å². The van der Waals surface area contributed by atoms with Gasteiger partial charge in [0.2, 0.25) is 0 Å². The van der Waals surface area contributed by atoms with E-state index >= 15 is 0 Å². The summed E-state index contributed by atoms with van der Waals surface area (Å²) in [6.07, 6.45) is 1.84. The van der Waals surface area contributed by atoms with Crippen molar-refractivity contribution in [1.82, 2.24) is 0 Å². The number of hydrogen-bond donors (Lipinski definition) is 1. The molecule has 18 heavy (non-hydrogen) atoms. The number of hydrogen-bond acceptors (Lipinski definition) is 1. The Morgan fingerprint density at radius 1 is 1.17 bits per heavy atom. The van der Waals surface area contributed by atoms with E-state index < -0.39 is 0 Å². The predicted molar refractivity (Wildman–Crippen MR) is 83.9 cm³/mol. The third-order valence-corrected chi connectivity index (χ3v) is 2.53. The van der Waals surface area contributed by atoms with Gasteiger partial charge in [-0.3, -0.25) is 0 Å². The van der Waals surface area contributed by atoms with Crippen LogP contribution in [-0.2, 0) is 0 Å². The maximum Gasteiger partial charge on any atom is 0.0437 e. The Bertz CT molecular complexity index is 439. The first-order valence-corrected chi connectivity index (χ1v) is 6.38. The van der Waals surface area contributed by atoms with Crippen molar-refractivity contribution in [1.29, 1.82) is 0 Å². The minimum Gasteiger partial charge on any atom is -0.355 e. The molecule has 0 amide bonds. The maximum absolute atomic E-state index is 3.98. The predicted octanol–water partition coefficient (Wildman–Crippen LogP) is 5.47. The van der Waals surface area contributed by atoms with Crippen LogP contribution < -0.4 is 5.32 Å². The summed E-state index contributed by atoms with van der Waals surface area (Å²) in [5.74, 6) is 0. The van der Waals surface area contributed by atoms with Crippen LogP contribution in [0.1, 0.15) is 33.3 Å². The Kier molecular flexibility index (Phi) is 7.53. The molecule has 1 heteroatoms. The molecule has 0 heterocycles. The Morgan fingerprint density at radius 3 is 2.17 bits per heavy atom. The molecular weight excluding hydrogens is 218 g/mol. The SMILES string of the molecule is C=C/C(C)=C(/Nc1ccccc1C)C(=C)C.CC. The number of aryl methyl sites for hydroxylation is 1. The number of rotatable bonds is 4. The van der Waals surface area contributed by atoms with Crippen LogP contribution in [0.5, 0.6) is 0 Å². The van der Waals surface area contributed by atoms with Crippen LogP contribution >= 0.6 is 0 Å². The van der Waals surface area contributed by atoms with Crippen molar-refractivity contribution >= 4 is 5.69 Å². The molecule has 0 saturated carbocycles. The van der Waals surface area contributed by atoms with Gasteiger partial charge in [0.15, 0.2) is 0 Å². The van der Waals surface area contributed by atoms with Gasteiger partial charge in [-0.25, -0.2) is 0 Å². The van der Waals surface area contributed by atoms with Gasteiger partial charge in [0.25, 0.3) is 0 Å². The van der Waals surface area contributed by atoms with E-state index in [2.05, 4.69) is 37.5 Å². The smallest absolute Gasteiger partial charge is 0.0437 e. The van der Waals surface area contributed by atoms with Crippen LogP contribution in [0.2, 0.25) is 0 Å². The molecule has 0 saturated heterocycles. The zero-order chi connectivity index (χ0) is 14.1. The minimum atomic E-state index is 1.01. The fourth-order valence-corrected chi connectivity index (χ4v) is 1.49. The topological polar surface area (TPSA) is 12.0 Å². The van der Waals surface area contributed by atoms with Gasteiger partial charge in [0.1, 0.15) is 0 Å². The van der Waals surface area contributed by atoms with E-state index in [1.54, 1.807) is 0 Å². The van der Waals surface area contributed by atoms with Crippen LogP contribution in [-0.4, -0.2) is 0 Å². The quantitative estimate of drug-likeness (QED) is 0.691. The molecule has 0 aromatic heterocycles. The third-order valence-electron chi connectivity index (χ3n) is 2.53. The zero-order valence-corrected chi connectivity index (χ0v) is 12.3. The Labute approximate surface area is 112 Å². The molecule has 1 nitrogen and oxygen atoms in total. The van der Waals surface area contributed by atoms with E-state index in [4.69, 9.17) is 0 Å². The highest BCUT2D eigenvalue weighted by Crippen LogP contribution is 2.20. The van der Waals surface area contributed by atoms with Crippen molar-refractivity contribution in [2.75, 3.05) is 5.32 Å². The molecule has 0 aliphatic carbocycles. The summed E-state index contributed by atoms with van der Waals surface area (Å²) in [5, 5.41) is 3.41. The van der Waals surface area contributed by atoms with E-state index in [0.717, 1.165) is 22.5 Å². The Morgan fingerprint density at radius 2 is 1.72 bits per heavy atom. The van der Waals surface area contributed by atoms with Crippen molar-refractivity contribution in [2.24, 2.45) is 0 Å². The summed E-state index contributed by atoms with van der Waals surface area (Å²) in [6, 6.07) is 8.20. The molecular formula is C17H25N. The monoisotopic (exact) mass is 243 g/mol. The molecule has 1 aromatic rings. The van der Waals surface area contributed by atoms with Gasteiger partial charge in [-0.05, 0) is 43.5 Å². The Balaban J connectivity index is 0.00000137. The van der Waals surface area contributed by atoms with Crippen LogP contribution in [0.4, 0.5) is 5.69 Å². The molecule has 1 aromatic carbocycles. The van der Waals surface area contributed by atoms with Gasteiger partial charge in [-0.1, -0.05) is 51.3 Å². The highest BCUT2D eigenvalue weighted by atomic mass is 14.9. The summed E-state index contributed by atoms with van der Waals surface area (Å²) >= 11 is 0. The van der Waals surface area contributed by atoms with E-state index in [0.29, 0.717) is 0 Å². The lowest BCUT2D eigenvalue weighted by Gasteiger charge is -2.15. The summed E-state index contributed by atoms with van der Waals surface area (Å²) in [4.78, 5) is 0. The number of allylic oxidation sites excluding steroid dienone is 3. The van der Waals surface area contributed by atoms with Crippen molar-refractivity contribution in [3.05, 3.63) is 65.9 Å². The van der Waals surface area contributed by atoms with E-state index in [-0.39, 0.29) is 0 Å². The molecule has 0 aliphatic rings. The number of para-hydroxylation sites is 1. The average molecular weight is 243 g/mol. The second-order valence-electron chi connectivity index (χ2n) is 3.98. The van der Waals surface area contributed by atoms with Crippen LogP contribution in [0, 0.1) is 6.92 Å². The molecule has 0 fully saturated rings. The largest absolute Gasteiger partial charge is 0.355 e. The van der Waals surface area contributed by atoms with Crippen molar-refractivity contribution in [3.63, 3.8) is 0 Å². The number of benzene rings is 1. The van der Waals surface area contributed by atoms with E-state index in [1.165, 1.54) is 5.56 Å². The molecule has 1 N–H and O–H groups in total. The molecule has 0 bridgehead atoms. The van der Waals surface area contributed by atoms with Gasteiger partial charge >= 0.3 is 0 Å². The van der Waals surface area contributed by atoms with Crippen LogP contribution in [0.15, 0.2) is 60.3 Å². The molecule has 1 rings (SSSR count). The summed E-state index contributed by atoms with van der Waals surface area (Å²) in [7, 11) is 0. The lowest BCUT2D eigenvalue weighted by Crippen LogP contribution is -2.04. The molecule has 0 spiro atoms. The van der Waals surface area contributed by atoms with Crippen molar-refractivity contribution in [2.45, 2.75) is 34.6 Å². The van der Waals surface area contributed by atoms with Gasteiger partial charge in [-0.15, -0.1) is 0 Å². The van der Waals surface area contributed by atoms with E-state index in [9.17, 15) is 0 Å². The number of nitrogens with one attached hydrogen (secondary N) is 1. The Hall–Kier alpha value is -1.76. The van der Waals surface area contributed by atoms with Gasteiger partial charge in [-0.2, -0.15) is 0 Å². The standard InChI is InChI=1S/C15H19N.C2H6/c1-6-12(4)15(11(2)3)16-14-10-8-7-9-13(14)5;1-2/h6-10,16H,1-2H2,3-5H3;1-2H3/b15-12+;. The summed E-state index contributed by atoms with van der Waals surface area (Å²) in [6.45, 7) is 17.9. The highest BCUT2D eigenvalue weighted by molar-refractivity contribution is 5.58. The first kappa shape index (κ1) is 16.2. The molecule has 0 radical (unpaired) electrons. The summed E-state index contributed by atoms with van der Waals surface area (Å²) < 4.78 is 0. The fraction of sp³-hybridized carbons (Fsp3) is 0.294. The first-order valence-electron chi connectivity index (χ1n) is 6.38. The minimum absolute atomic E-state index is 1.01. The maximum atomic E-state index is 3.98. The van der Waals surface area contributed by atoms with Crippen LogP contribution in [0.3, 0.4) is 0 Å². The van der Waals surface area contributed by atoms with Crippen molar-refractivity contribution < 1.29 is 0 Å². The molecule has 0 atom stereocenters. The second kappa shape index (κ2) is 8.35. The number of anilines is 1. The summed E-state index contributed by atoms with van der Waals surface area (Å²) in [5.41, 5.74) is 5.50. The third kappa shape index (κ3) is 4.62.